The topological polar surface area (TPSA) is 47.0 Å². The van der Waals surface area contributed by atoms with E-state index in [4.69, 9.17) is 14.7 Å². The van der Waals surface area contributed by atoms with Gasteiger partial charge in [0.15, 0.2) is 5.82 Å². The van der Waals surface area contributed by atoms with Crippen LogP contribution in [-0.2, 0) is 10.2 Å². The van der Waals surface area contributed by atoms with Gasteiger partial charge >= 0.3 is 0 Å². The van der Waals surface area contributed by atoms with Gasteiger partial charge in [-0.3, -0.25) is 0 Å². The summed E-state index contributed by atoms with van der Waals surface area (Å²) in [5, 5.41) is 3.42. The largest absolute Gasteiger partial charge is 0.373 e. The lowest BCUT2D eigenvalue weighted by Gasteiger charge is -2.25. The standard InChI is InChI=1S/C16H28IN3O/c1-8-9-18-14-11(17)13(16(4,5)6)19-15(20-14)12(21-7)10(2)3/h10,12H,8-9H2,1-7H3,(H,18,19,20). The molecule has 1 aromatic heterocycles. The van der Waals surface area contributed by atoms with E-state index in [0.29, 0.717) is 5.92 Å². The van der Waals surface area contributed by atoms with Crippen LogP contribution in [0, 0.1) is 9.49 Å². The van der Waals surface area contributed by atoms with Crippen molar-refractivity contribution < 1.29 is 4.74 Å². The van der Waals surface area contributed by atoms with Crippen LogP contribution in [0.2, 0.25) is 0 Å². The van der Waals surface area contributed by atoms with Crippen molar-refractivity contribution in [2.75, 3.05) is 19.0 Å². The van der Waals surface area contributed by atoms with E-state index in [0.717, 1.165) is 33.9 Å². The molecule has 5 heteroatoms. The molecule has 0 aliphatic heterocycles. The summed E-state index contributed by atoms with van der Waals surface area (Å²) in [6, 6.07) is 0. The number of nitrogens with one attached hydrogen (secondary N) is 1. The second-order valence-corrected chi connectivity index (χ2v) is 7.75. The minimum Gasteiger partial charge on any atom is -0.373 e. The van der Waals surface area contributed by atoms with Crippen molar-refractivity contribution in [1.29, 1.82) is 0 Å². The van der Waals surface area contributed by atoms with Crippen molar-refractivity contribution in [3.05, 3.63) is 15.1 Å². The van der Waals surface area contributed by atoms with E-state index in [1.54, 1.807) is 7.11 Å². The first kappa shape index (κ1) is 18.6. The van der Waals surface area contributed by atoms with Crippen molar-refractivity contribution in [2.45, 2.75) is 59.5 Å². The number of methoxy groups -OCH3 is 1. The summed E-state index contributed by atoms with van der Waals surface area (Å²) in [7, 11) is 1.72. The molecular weight excluding hydrogens is 377 g/mol. The Morgan fingerprint density at radius 1 is 1.24 bits per heavy atom. The molecule has 120 valence electrons. The predicted molar refractivity (Wildman–Crippen MR) is 96.8 cm³/mol. The Hall–Kier alpha value is -0.430. The number of halogens is 1. The first-order valence-corrected chi connectivity index (χ1v) is 8.64. The average molecular weight is 405 g/mol. The van der Waals surface area contributed by atoms with Gasteiger partial charge in [0, 0.05) is 19.1 Å². The molecule has 1 N–H and O–H groups in total. The molecule has 0 spiro atoms. The zero-order valence-corrected chi connectivity index (χ0v) is 16.4. The summed E-state index contributed by atoms with van der Waals surface area (Å²) >= 11 is 2.35. The molecule has 0 radical (unpaired) electrons. The van der Waals surface area contributed by atoms with Crippen molar-refractivity contribution in [3.63, 3.8) is 0 Å². The van der Waals surface area contributed by atoms with Crippen molar-refractivity contribution in [2.24, 2.45) is 5.92 Å². The highest BCUT2D eigenvalue weighted by molar-refractivity contribution is 14.1. The monoisotopic (exact) mass is 405 g/mol. The Labute approximate surface area is 142 Å². The third-order valence-electron chi connectivity index (χ3n) is 3.24. The van der Waals surface area contributed by atoms with Gasteiger partial charge in [0.05, 0.1) is 9.26 Å². The molecular formula is C16H28IN3O. The molecule has 0 aromatic carbocycles. The molecule has 0 amide bonds. The number of anilines is 1. The minimum absolute atomic E-state index is 0.0217. The highest BCUT2D eigenvalue weighted by Crippen LogP contribution is 2.32. The van der Waals surface area contributed by atoms with Crippen LogP contribution in [-0.4, -0.2) is 23.6 Å². The van der Waals surface area contributed by atoms with Crippen LogP contribution in [0.4, 0.5) is 5.82 Å². The highest BCUT2D eigenvalue weighted by atomic mass is 127. The van der Waals surface area contributed by atoms with E-state index in [1.165, 1.54) is 0 Å². The number of hydrogen-bond donors (Lipinski definition) is 1. The van der Waals surface area contributed by atoms with Gasteiger partial charge in [-0.2, -0.15) is 0 Å². The molecule has 0 saturated heterocycles. The van der Waals surface area contributed by atoms with Gasteiger partial charge in [0.25, 0.3) is 0 Å². The maximum atomic E-state index is 5.61. The lowest BCUT2D eigenvalue weighted by molar-refractivity contribution is 0.0572. The van der Waals surface area contributed by atoms with E-state index < -0.39 is 0 Å². The van der Waals surface area contributed by atoms with Crippen LogP contribution in [0.25, 0.3) is 0 Å². The number of nitrogens with zero attached hydrogens (tertiary/aromatic N) is 2. The second-order valence-electron chi connectivity index (χ2n) is 6.67. The van der Waals surface area contributed by atoms with E-state index in [9.17, 15) is 0 Å². The Morgan fingerprint density at radius 3 is 2.29 bits per heavy atom. The molecule has 0 fully saturated rings. The molecule has 0 saturated carbocycles. The maximum Gasteiger partial charge on any atom is 0.160 e. The molecule has 1 unspecified atom stereocenters. The number of aromatic nitrogens is 2. The lowest BCUT2D eigenvalue weighted by Crippen LogP contribution is -2.23. The van der Waals surface area contributed by atoms with Crippen LogP contribution in [0.3, 0.4) is 0 Å². The third-order valence-corrected chi connectivity index (χ3v) is 4.26. The van der Waals surface area contributed by atoms with Gasteiger partial charge < -0.3 is 10.1 Å². The fraction of sp³-hybridized carbons (Fsp3) is 0.750. The van der Waals surface area contributed by atoms with E-state index in [1.807, 2.05) is 0 Å². The normalized spacial score (nSPS) is 13.6. The Bertz CT molecular complexity index is 469. The smallest absolute Gasteiger partial charge is 0.160 e. The molecule has 1 rings (SSSR count). The summed E-state index contributed by atoms with van der Waals surface area (Å²) in [5.41, 5.74) is 1.06. The van der Waals surface area contributed by atoms with Crippen molar-refractivity contribution in [3.8, 4) is 0 Å². The van der Waals surface area contributed by atoms with Gasteiger partial charge in [-0.25, -0.2) is 9.97 Å². The van der Waals surface area contributed by atoms with Crippen molar-refractivity contribution >= 4 is 28.4 Å². The van der Waals surface area contributed by atoms with Crippen LogP contribution in [0.5, 0.6) is 0 Å². The van der Waals surface area contributed by atoms with Gasteiger partial charge in [0.1, 0.15) is 11.9 Å². The summed E-state index contributed by atoms with van der Waals surface area (Å²) < 4.78 is 6.72. The minimum atomic E-state index is -0.0784. The van der Waals surface area contributed by atoms with Gasteiger partial charge in [-0.1, -0.05) is 41.5 Å². The van der Waals surface area contributed by atoms with Gasteiger partial charge in [-0.15, -0.1) is 0 Å². The lowest BCUT2D eigenvalue weighted by atomic mass is 9.91. The molecule has 4 nitrogen and oxygen atoms in total. The van der Waals surface area contributed by atoms with Crippen LogP contribution in [0.1, 0.15) is 65.6 Å². The number of hydrogen-bond acceptors (Lipinski definition) is 4. The van der Waals surface area contributed by atoms with E-state index in [2.05, 4.69) is 69.5 Å². The molecule has 1 heterocycles. The maximum absolute atomic E-state index is 5.61. The first-order valence-electron chi connectivity index (χ1n) is 7.56. The molecule has 1 atom stereocenters. The Kier molecular flexibility index (Phi) is 6.84. The predicted octanol–water partition coefficient (Wildman–Crippen LogP) is 4.54. The Balaban J connectivity index is 3.38. The fourth-order valence-electron chi connectivity index (χ4n) is 2.12. The quantitative estimate of drug-likeness (QED) is 0.706. The average Bonchev–Trinajstić information content (AvgIpc) is 2.37. The summed E-state index contributed by atoms with van der Waals surface area (Å²) in [5.74, 6) is 2.04. The van der Waals surface area contributed by atoms with Crippen LogP contribution in [0.15, 0.2) is 0 Å². The van der Waals surface area contributed by atoms with Gasteiger partial charge in [0.2, 0.25) is 0 Å². The number of ether oxygens (including phenoxy) is 1. The molecule has 0 aliphatic rings. The zero-order chi connectivity index (χ0) is 16.2. The number of rotatable bonds is 6. The molecule has 0 aliphatic carbocycles. The zero-order valence-electron chi connectivity index (χ0n) is 14.2. The van der Waals surface area contributed by atoms with Gasteiger partial charge in [-0.05, 0) is 34.9 Å². The van der Waals surface area contributed by atoms with Crippen LogP contribution < -0.4 is 5.32 Å². The first-order chi connectivity index (χ1) is 9.72. The highest BCUT2D eigenvalue weighted by Gasteiger charge is 2.26. The van der Waals surface area contributed by atoms with E-state index >= 15 is 0 Å². The molecule has 1 aromatic rings. The fourth-order valence-corrected chi connectivity index (χ4v) is 3.37. The van der Waals surface area contributed by atoms with Crippen molar-refractivity contribution in [1.82, 2.24) is 9.97 Å². The summed E-state index contributed by atoms with van der Waals surface area (Å²) in [6.07, 6.45) is 0.989. The molecule has 0 bridgehead atoms. The summed E-state index contributed by atoms with van der Waals surface area (Å²) in [4.78, 5) is 9.54. The van der Waals surface area contributed by atoms with Crippen LogP contribution >= 0.6 is 22.6 Å². The Morgan fingerprint density at radius 2 is 1.86 bits per heavy atom. The van der Waals surface area contributed by atoms with E-state index in [-0.39, 0.29) is 11.5 Å². The SMILES string of the molecule is CCCNc1nc(C(OC)C(C)C)nc(C(C)(C)C)c1I. The molecule has 21 heavy (non-hydrogen) atoms. The third kappa shape index (κ3) is 4.77. The second kappa shape index (κ2) is 7.72. The summed E-state index contributed by atoms with van der Waals surface area (Å²) in [6.45, 7) is 13.9.